The second-order valence-corrected chi connectivity index (χ2v) is 5.58. The van der Waals surface area contributed by atoms with Gasteiger partial charge < -0.3 is 14.9 Å². The number of fused-ring (bicyclic) bond motifs is 3. The first-order valence-electron chi connectivity index (χ1n) is 7.44. The van der Waals surface area contributed by atoms with Gasteiger partial charge in [-0.15, -0.1) is 0 Å². The molecule has 0 aliphatic carbocycles. The highest BCUT2D eigenvalue weighted by Crippen LogP contribution is 2.44. The van der Waals surface area contributed by atoms with Crippen molar-refractivity contribution >= 4 is 23.4 Å². The van der Waals surface area contributed by atoms with Gasteiger partial charge in [-0.2, -0.15) is 5.10 Å². The van der Waals surface area contributed by atoms with Gasteiger partial charge >= 0.3 is 0 Å². The number of para-hydroxylation sites is 3. The molecule has 22 heavy (non-hydrogen) atoms. The topological polar surface area (TPSA) is 42.3 Å². The fourth-order valence-electron chi connectivity index (χ4n) is 3.38. The molecule has 0 radical (unpaired) electrons. The lowest BCUT2D eigenvalue weighted by Crippen LogP contribution is -2.56. The Morgan fingerprint density at radius 3 is 2.41 bits per heavy atom. The Hall–Kier alpha value is -2.53. The van der Waals surface area contributed by atoms with Crippen LogP contribution in [0.4, 0.5) is 17.1 Å². The fourth-order valence-corrected chi connectivity index (χ4v) is 3.38. The smallest absolute Gasteiger partial charge is 0.147 e. The van der Waals surface area contributed by atoms with Crippen molar-refractivity contribution in [3.8, 4) is 0 Å². The molecule has 0 aromatic heterocycles. The van der Waals surface area contributed by atoms with E-state index in [0.29, 0.717) is 0 Å². The van der Waals surface area contributed by atoms with Crippen molar-refractivity contribution in [1.82, 2.24) is 4.90 Å². The number of rotatable bonds is 2. The molecule has 2 aromatic rings. The highest BCUT2D eigenvalue weighted by atomic mass is 16.3. The Morgan fingerprint density at radius 1 is 1.00 bits per heavy atom. The van der Waals surface area contributed by atoms with Crippen LogP contribution in [0.15, 0.2) is 59.7 Å². The molecule has 0 saturated carbocycles. The van der Waals surface area contributed by atoms with E-state index >= 15 is 0 Å². The van der Waals surface area contributed by atoms with Crippen molar-refractivity contribution in [3.05, 3.63) is 54.6 Å². The SMILES string of the molecule is CC1C2N(CO)C=NN2c2ccccc2N1c1ccccc1. The summed E-state index contributed by atoms with van der Waals surface area (Å²) in [5.41, 5.74) is 3.34. The molecule has 112 valence electrons. The van der Waals surface area contributed by atoms with Gasteiger partial charge in [-0.1, -0.05) is 30.3 Å². The molecule has 2 aliphatic heterocycles. The number of hydrazone groups is 1. The summed E-state index contributed by atoms with van der Waals surface area (Å²) >= 11 is 0. The van der Waals surface area contributed by atoms with E-state index in [1.807, 2.05) is 40.2 Å². The molecular weight excluding hydrogens is 276 g/mol. The van der Waals surface area contributed by atoms with Gasteiger partial charge in [0.05, 0.1) is 17.4 Å². The van der Waals surface area contributed by atoms with E-state index in [9.17, 15) is 5.11 Å². The third-order valence-electron chi connectivity index (χ3n) is 4.34. The summed E-state index contributed by atoms with van der Waals surface area (Å²) in [6.07, 6.45) is 1.70. The van der Waals surface area contributed by atoms with Crippen LogP contribution in [0.3, 0.4) is 0 Å². The van der Waals surface area contributed by atoms with Crippen LogP contribution in [0.1, 0.15) is 6.92 Å². The van der Waals surface area contributed by atoms with Crippen molar-refractivity contribution < 1.29 is 5.11 Å². The summed E-state index contributed by atoms with van der Waals surface area (Å²) in [5.74, 6) is 0. The maximum Gasteiger partial charge on any atom is 0.147 e. The lowest BCUT2D eigenvalue weighted by molar-refractivity contribution is 0.135. The Balaban J connectivity index is 1.87. The Morgan fingerprint density at radius 2 is 1.68 bits per heavy atom. The van der Waals surface area contributed by atoms with E-state index in [2.05, 4.69) is 41.2 Å². The molecule has 5 nitrogen and oxygen atoms in total. The van der Waals surface area contributed by atoms with Crippen LogP contribution < -0.4 is 9.91 Å². The highest BCUT2D eigenvalue weighted by molar-refractivity contribution is 5.83. The molecule has 1 N–H and O–H groups in total. The first-order valence-corrected chi connectivity index (χ1v) is 7.44. The van der Waals surface area contributed by atoms with Gasteiger partial charge in [-0.3, -0.25) is 0 Å². The molecule has 2 unspecified atom stereocenters. The van der Waals surface area contributed by atoms with Gasteiger partial charge in [-0.25, -0.2) is 5.01 Å². The molecule has 2 heterocycles. The summed E-state index contributed by atoms with van der Waals surface area (Å²) in [7, 11) is 0. The maximum absolute atomic E-state index is 9.62. The predicted molar refractivity (Wildman–Crippen MR) is 88.2 cm³/mol. The minimum Gasteiger partial charge on any atom is -0.376 e. The zero-order valence-corrected chi connectivity index (χ0v) is 12.4. The van der Waals surface area contributed by atoms with E-state index in [1.165, 1.54) is 0 Å². The standard InChI is InChI=1S/C17H18N4O/c1-13-17-19(12-22)11-18-21(17)16-10-6-5-9-15(16)20(13)14-7-3-2-4-8-14/h2-11,13,17,22H,12H2,1H3. The minimum atomic E-state index is -0.0419. The number of anilines is 3. The van der Waals surface area contributed by atoms with E-state index in [-0.39, 0.29) is 18.9 Å². The Kier molecular flexibility index (Phi) is 3.01. The average Bonchev–Trinajstić information content (AvgIpc) is 3.01. The number of nitrogens with zero attached hydrogens (tertiary/aromatic N) is 4. The second-order valence-electron chi connectivity index (χ2n) is 5.58. The van der Waals surface area contributed by atoms with Crippen molar-refractivity contribution in [3.63, 3.8) is 0 Å². The first-order chi connectivity index (χ1) is 10.8. The number of aliphatic hydroxyl groups is 1. The average molecular weight is 294 g/mol. The van der Waals surface area contributed by atoms with Crippen LogP contribution >= 0.6 is 0 Å². The molecule has 2 aliphatic rings. The van der Waals surface area contributed by atoms with E-state index < -0.39 is 0 Å². The van der Waals surface area contributed by atoms with Crippen LogP contribution in [0, 0.1) is 0 Å². The number of hydrogen-bond donors (Lipinski definition) is 1. The van der Waals surface area contributed by atoms with E-state index in [4.69, 9.17) is 0 Å². The predicted octanol–water partition coefficient (Wildman–Crippen LogP) is 2.57. The third kappa shape index (κ3) is 1.79. The molecule has 0 saturated heterocycles. The Labute approximate surface area is 129 Å². The molecule has 0 amide bonds. The van der Waals surface area contributed by atoms with Crippen molar-refractivity contribution in [1.29, 1.82) is 0 Å². The van der Waals surface area contributed by atoms with Gasteiger partial charge in [0.15, 0.2) is 0 Å². The first kappa shape index (κ1) is 13.2. The summed E-state index contributed by atoms with van der Waals surface area (Å²) in [4.78, 5) is 4.17. The highest BCUT2D eigenvalue weighted by Gasteiger charge is 2.42. The zero-order valence-electron chi connectivity index (χ0n) is 12.4. The van der Waals surface area contributed by atoms with Gasteiger partial charge in [0.25, 0.3) is 0 Å². The summed E-state index contributed by atoms with van der Waals surface area (Å²) < 4.78 is 0. The van der Waals surface area contributed by atoms with Gasteiger partial charge in [0, 0.05) is 5.69 Å². The van der Waals surface area contributed by atoms with E-state index in [1.54, 1.807) is 6.34 Å². The molecule has 5 heteroatoms. The van der Waals surface area contributed by atoms with E-state index in [0.717, 1.165) is 17.1 Å². The summed E-state index contributed by atoms with van der Waals surface area (Å²) in [5, 5.41) is 16.1. The van der Waals surface area contributed by atoms with Crippen LogP contribution in [0.2, 0.25) is 0 Å². The molecule has 2 atom stereocenters. The van der Waals surface area contributed by atoms with Crippen LogP contribution in [-0.2, 0) is 0 Å². The van der Waals surface area contributed by atoms with Crippen molar-refractivity contribution in [2.75, 3.05) is 16.6 Å². The molecule has 0 spiro atoms. The lowest BCUT2D eigenvalue weighted by Gasteiger charge is -2.46. The fraction of sp³-hybridized carbons (Fsp3) is 0.235. The molecule has 2 aromatic carbocycles. The van der Waals surface area contributed by atoms with Gasteiger partial charge in [0.1, 0.15) is 19.2 Å². The largest absolute Gasteiger partial charge is 0.376 e. The normalized spacial score (nSPS) is 22.7. The Bertz CT molecular complexity index is 703. The van der Waals surface area contributed by atoms with Crippen LogP contribution in [0.25, 0.3) is 0 Å². The quantitative estimate of drug-likeness (QED) is 0.924. The second kappa shape index (κ2) is 5.03. The zero-order chi connectivity index (χ0) is 15.1. The minimum absolute atomic E-state index is 0.0138. The molecule has 0 bridgehead atoms. The van der Waals surface area contributed by atoms with Crippen LogP contribution in [-0.4, -0.2) is 35.3 Å². The number of hydrogen-bond acceptors (Lipinski definition) is 5. The third-order valence-corrected chi connectivity index (χ3v) is 4.34. The lowest BCUT2D eigenvalue weighted by atomic mass is 10.0. The number of benzene rings is 2. The molecule has 0 fully saturated rings. The summed E-state index contributed by atoms with van der Waals surface area (Å²) in [6, 6.07) is 18.7. The number of aliphatic hydroxyl groups excluding tert-OH is 1. The van der Waals surface area contributed by atoms with Crippen molar-refractivity contribution in [2.45, 2.75) is 19.1 Å². The molecule has 4 rings (SSSR count). The van der Waals surface area contributed by atoms with Crippen LogP contribution in [0.5, 0.6) is 0 Å². The monoisotopic (exact) mass is 294 g/mol. The summed E-state index contributed by atoms with van der Waals surface area (Å²) in [6.45, 7) is 2.12. The maximum atomic E-state index is 9.62. The van der Waals surface area contributed by atoms with Crippen molar-refractivity contribution in [2.24, 2.45) is 5.10 Å². The van der Waals surface area contributed by atoms with Gasteiger partial charge in [0.2, 0.25) is 0 Å². The van der Waals surface area contributed by atoms with Gasteiger partial charge in [-0.05, 0) is 31.2 Å². The molecular formula is C17H18N4O.